The lowest BCUT2D eigenvalue weighted by Gasteiger charge is -2.05. The van der Waals surface area contributed by atoms with Crippen molar-refractivity contribution in [3.63, 3.8) is 0 Å². The van der Waals surface area contributed by atoms with Gasteiger partial charge >= 0.3 is 0 Å². The van der Waals surface area contributed by atoms with Crippen molar-refractivity contribution < 1.29 is 9.13 Å². The summed E-state index contributed by atoms with van der Waals surface area (Å²) in [4.78, 5) is 3.86. The molecule has 0 saturated heterocycles. The Labute approximate surface area is 94.9 Å². The van der Waals surface area contributed by atoms with E-state index >= 15 is 0 Å². The molecule has 0 fully saturated rings. The molecule has 0 saturated carbocycles. The molecule has 0 N–H and O–H groups in total. The van der Waals surface area contributed by atoms with E-state index in [2.05, 4.69) is 20.9 Å². The molecule has 0 atom stereocenters. The largest absolute Gasteiger partial charge is 0.457 e. The highest BCUT2D eigenvalue weighted by Gasteiger charge is 2.02. The van der Waals surface area contributed by atoms with Crippen LogP contribution in [0.25, 0.3) is 0 Å². The summed E-state index contributed by atoms with van der Waals surface area (Å²) >= 11 is 3.07. The molecule has 76 valence electrons. The van der Waals surface area contributed by atoms with Crippen molar-refractivity contribution in [3.8, 4) is 11.5 Å². The molecule has 2 aromatic rings. The Morgan fingerprint density at radius 2 is 1.80 bits per heavy atom. The number of halogens is 2. The summed E-state index contributed by atoms with van der Waals surface area (Å²) in [5.41, 5.74) is 0. The predicted molar refractivity (Wildman–Crippen MR) is 58.4 cm³/mol. The van der Waals surface area contributed by atoms with E-state index in [9.17, 15) is 4.39 Å². The minimum Gasteiger partial charge on any atom is -0.457 e. The number of rotatable bonds is 2. The second-order valence-electron chi connectivity index (χ2n) is 2.86. The fourth-order valence-corrected chi connectivity index (χ4v) is 1.33. The average molecular weight is 268 g/mol. The molecule has 1 heterocycles. The van der Waals surface area contributed by atoms with E-state index in [1.807, 2.05) is 0 Å². The molecule has 2 rings (SSSR count). The monoisotopic (exact) mass is 267 g/mol. The summed E-state index contributed by atoms with van der Waals surface area (Å²) in [6, 6.07) is 8.03. The minimum absolute atomic E-state index is 0.346. The number of benzene rings is 1. The third-order valence-corrected chi connectivity index (χ3v) is 2.42. The van der Waals surface area contributed by atoms with E-state index in [4.69, 9.17) is 4.74 Å². The number of ether oxygens (including phenoxy) is 1. The molecular weight excluding hydrogens is 261 g/mol. The van der Waals surface area contributed by atoms with Crippen LogP contribution in [0, 0.1) is 5.82 Å². The zero-order chi connectivity index (χ0) is 10.7. The van der Waals surface area contributed by atoms with Crippen molar-refractivity contribution in [2.24, 2.45) is 0 Å². The van der Waals surface area contributed by atoms with Gasteiger partial charge in [0.25, 0.3) is 0 Å². The van der Waals surface area contributed by atoms with E-state index in [0.29, 0.717) is 16.0 Å². The van der Waals surface area contributed by atoms with Crippen molar-refractivity contribution in [2.45, 2.75) is 0 Å². The number of pyridine rings is 1. The van der Waals surface area contributed by atoms with Crippen molar-refractivity contribution in [1.29, 1.82) is 0 Å². The molecule has 0 aliphatic heterocycles. The smallest absolute Gasteiger partial charge is 0.141 e. The van der Waals surface area contributed by atoms with Crippen LogP contribution in [0.4, 0.5) is 4.39 Å². The maximum absolute atomic E-state index is 13.1. The molecule has 0 aliphatic rings. The Morgan fingerprint density at radius 3 is 2.47 bits per heavy atom. The Bertz CT molecular complexity index is 461. The molecule has 1 aromatic heterocycles. The van der Waals surface area contributed by atoms with E-state index in [1.165, 1.54) is 6.07 Å². The van der Waals surface area contributed by atoms with Gasteiger partial charge in [0.1, 0.15) is 17.3 Å². The van der Waals surface area contributed by atoms with Gasteiger partial charge in [-0.3, -0.25) is 4.98 Å². The van der Waals surface area contributed by atoms with Crippen LogP contribution < -0.4 is 4.74 Å². The van der Waals surface area contributed by atoms with Crippen LogP contribution in [0.3, 0.4) is 0 Å². The summed E-state index contributed by atoms with van der Waals surface area (Å²) < 4.78 is 19.0. The Balaban J connectivity index is 2.22. The zero-order valence-electron chi connectivity index (χ0n) is 7.65. The highest BCUT2D eigenvalue weighted by Crippen LogP contribution is 2.24. The molecule has 0 unspecified atom stereocenters. The fourth-order valence-electron chi connectivity index (χ4n) is 1.08. The third kappa shape index (κ3) is 2.53. The molecule has 0 radical (unpaired) electrons. The molecule has 4 heteroatoms. The first-order valence-corrected chi connectivity index (χ1v) is 5.08. The molecule has 15 heavy (non-hydrogen) atoms. The second kappa shape index (κ2) is 4.40. The second-order valence-corrected chi connectivity index (χ2v) is 3.72. The quantitative estimate of drug-likeness (QED) is 0.826. The van der Waals surface area contributed by atoms with Gasteiger partial charge in [-0.25, -0.2) is 4.39 Å². The van der Waals surface area contributed by atoms with Crippen molar-refractivity contribution in [2.75, 3.05) is 0 Å². The van der Waals surface area contributed by atoms with Crippen LogP contribution >= 0.6 is 15.9 Å². The van der Waals surface area contributed by atoms with Crippen LogP contribution in [0.5, 0.6) is 11.5 Å². The number of aromatic nitrogens is 1. The zero-order valence-corrected chi connectivity index (χ0v) is 9.24. The Hall–Kier alpha value is -1.42. The van der Waals surface area contributed by atoms with E-state index < -0.39 is 0 Å². The van der Waals surface area contributed by atoms with Gasteiger partial charge in [-0.1, -0.05) is 0 Å². The molecule has 0 amide bonds. The van der Waals surface area contributed by atoms with Gasteiger partial charge < -0.3 is 4.74 Å². The van der Waals surface area contributed by atoms with E-state index in [0.717, 1.165) is 0 Å². The summed E-state index contributed by atoms with van der Waals surface area (Å²) in [6.07, 6.45) is 3.23. The first-order chi connectivity index (χ1) is 7.25. The SMILES string of the molecule is Fc1cc(Oc2ccncc2)ccc1Br. The normalized spacial score (nSPS) is 10.0. The maximum atomic E-state index is 13.1. The van der Waals surface area contributed by atoms with Crippen LogP contribution in [0.1, 0.15) is 0 Å². The highest BCUT2D eigenvalue weighted by atomic mass is 79.9. The Morgan fingerprint density at radius 1 is 1.07 bits per heavy atom. The van der Waals surface area contributed by atoms with Gasteiger partial charge in [-0.15, -0.1) is 0 Å². The summed E-state index contributed by atoms with van der Waals surface area (Å²) in [5.74, 6) is 0.746. The lowest BCUT2D eigenvalue weighted by atomic mass is 10.3. The van der Waals surface area contributed by atoms with Crippen LogP contribution in [-0.4, -0.2) is 4.98 Å². The molecule has 1 aromatic carbocycles. The summed E-state index contributed by atoms with van der Waals surface area (Å²) in [5, 5.41) is 0. The predicted octanol–water partition coefficient (Wildman–Crippen LogP) is 3.78. The van der Waals surface area contributed by atoms with Crippen LogP contribution in [0.15, 0.2) is 47.2 Å². The van der Waals surface area contributed by atoms with Crippen LogP contribution in [0.2, 0.25) is 0 Å². The van der Waals surface area contributed by atoms with Crippen LogP contribution in [-0.2, 0) is 0 Å². The lowest BCUT2D eigenvalue weighted by Crippen LogP contribution is -1.85. The number of hydrogen-bond acceptors (Lipinski definition) is 2. The minimum atomic E-state index is -0.346. The first-order valence-electron chi connectivity index (χ1n) is 4.28. The Kier molecular flexibility index (Phi) is 2.97. The van der Waals surface area contributed by atoms with E-state index in [1.54, 1.807) is 36.7 Å². The third-order valence-electron chi connectivity index (χ3n) is 1.78. The fraction of sp³-hybridized carbons (Fsp3) is 0. The van der Waals surface area contributed by atoms with Gasteiger partial charge in [0, 0.05) is 18.5 Å². The molecule has 0 aliphatic carbocycles. The van der Waals surface area contributed by atoms with Gasteiger partial charge in [0.05, 0.1) is 4.47 Å². The lowest BCUT2D eigenvalue weighted by molar-refractivity contribution is 0.475. The average Bonchev–Trinajstić information content (AvgIpc) is 2.25. The van der Waals surface area contributed by atoms with Gasteiger partial charge in [0.15, 0.2) is 0 Å². The van der Waals surface area contributed by atoms with Gasteiger partial charge in [-0.2, -0.15) is 0 Å². The number of hydrogen-bond donors (Lipinski definition) is 0. The first kappa shape index (κ1) is 10.1. The number of nitrogens with zero attached hydrogens (tertiary/aromatic N) is 1. The molecular formula is C11H7BrFNO. The van der Waals surface area contributed by atoms with Gasteiger partial charge in [-0.05, 0) is 40.2 Å². The summed E-state index contributed by atoms with van der Waals surface area (Å²) in [6.45, 7) is 0. The van der Waals surface area contributed by atoms with Crippen molar-refractivity contribution in [3.05, 3.63) is 53.0 Å². The highest BCUT2D eigenvalue weighted by molar-refractivity contribution is 9.10. The summed E-state index contributed by atoms with van der Waals surface area (Å²) in [7, 11) is 0. The van der Waals surface area contributed by atoms with E-state index in [-0.39, 0.29) is 5.82 Å². The molecule has 0 spiro atoms. The topological polar surface area (TPSA) is 22.1 Å². The maximum Gasteiger partial charge on any atom is 0.141 e. The molecule has 2 nitrogen and oxygen atoms in total. The van der Waals surface area contributed by atoms with Gasteiger partial charge in [0.2, 0.25) is 0 Å². The molecule has 0 bridgehead atoms. The van der Waals surface area contributed by atoms with Crippen molar-refractivity contribution in [1.82, 2.24) is 4.98 Å². The van der Waals surface area contributed by atoms with Crippen molar-refractivity contribution >= 4 is 15.9 Å². The standard InChI is InChI=1S/C11H7BrFNO/c12-10-2-1-9(7-11(10)13)15-8-3-5-14-6-4-8/h1-7H.